The van der Waals surface area contributed by atoms with Crippen LogP contribution in [0.25, 0.3) is 0 Å². The zero-order valence-corrected chi connectivity index (χ0v) is 8.31. The van der Waals surface area contributed by atoms with E-state index in [1.165, 1.54) is 12.8 Å². The summed E-state index contributed by atoms with van der Waals surface area (Å²) < 4.78 is 5.54. The van der Waals surface area contributed by atoms with Gasteiger partial charge in [0, 0.05) is 12.1 Å². The van der Waals surface area contributed by atoms with Gasteiger partial charge < -0.3 is 10.5 Å². The highest BCUT2D eigenvalue weighted by Gasteiger charge is 2.21. The monoisotopic (exact) mass is 171 g/mol. The first-order valence-corrected chi connectivity index (χ1v) is 5.04. The van der Waals surface area contributed by atoms with Crippen molar-refractivity contribution in [3.63, 3.8) is 0 Å². The van der Waals surface area contributed by atoms with Crippen molar-refractivity contribution in [2.75, 3.05) is 6.61 Å². The van der Waals surface area contributed by atoms with E-state index in [1.807, 2.05) is 0 Å². The molecule has 0 aliphatic carbocycles. The lowest BCUT2D eigenvalue weighted by Gasteiger charge is -2.23. The molecule has 2 nitrogen and oxygen atoms in total. The molecular formula is C10H21NO. The Kier molecular flexibility index (Phi) is 3.53. The maximum Gasteiger partial charge on any atom is 0.0576 e. The van der Waals surface area contributed by atoms with Crippen molar-refractivity contribution < 1.29 is 4.74 Å². The zero-order chi connectivity index (χ0) is 9.03. The Morgan fingerprint density at radius 2 is 2.33 bits per heavy atom. The first-order valence-electron chi connectivity index (χ1n) is 5.04. The van der Waals surface area contributed by atoms with Crippen LogP contribution in [-0.4, -0.2) is 18.2 Å². The van der Waals surface area contributed by atoms with E-state index in [2.05, 4.69) is 13.8 Å². The maximum atomic E-state index is 6.04. The van der Waals surface area contributed by atoms with E-state index >= 15 is 0 Å². The molecule has 1 saturated heterocycles. The molecule has 0 radical (unpaired) electrons. The van der Waals surface area contributed by atoms with E-state index in [0.717, 1.165) is 25.9 Å². The molecule has 2 atom stereocenters. The van der Waals surface area contributed by atoms with Crippen LogP contribution >= 0.6 is 0 Å². The summed E-state index contributed by atoms with van der Waals surface area (Å²) in [6, 6.07) is 0. The molecule has 0 aromatic rings. The molecule has 1 fully saturated rings. The van der Waals surface area contributed by atoms with Crippen LogP contribution in [0.5, 0.6) is 0 Å². The molecule has 1 aliphatic heterocycles. The summed E-state index contributed by atoms with van der Waals surface area (Å²) in [4.78, 5) is 0. The summed E-state index contributed by atoms with van der Waals surface area (Å²) in [6.07, 6.45) is 6.26. The topological polar surface area (TPSA) is 35.2 Å². The predicted octanol–water partition coefficient (Wildman–Crippen LogP) is 2.07. The molecule has 0 saturated carbocycles. The van der Waals surface area contributed by atoms with Gasteiger partial charge in [0.15, 0.2) is 0 Å². The van der Waals surface area contributed by atoms with Crippen LogP contribution in [-0.2, 0) is 4.74 Å². The van der Waals surface area contributed by atoms with Crippen LogP contribution in [0.2, 0.25) is 0 Å². The number of hydrogen-bond donors (Lipinski definition) is 1. The van der Waals surface area contributed by atoms with Gasteiger partial charge in [0.05, 0.1) is 6.10 Å². The zero-order valence-electron chi connectivity index (χ0n) is 8.31. The Bertz CT molecular complexity index is 128. The Hall–Kier alpha value is -0.0800. The number of ether oxygens (including phenoxy) is 1. The second kappa shape index (κ2) is 4.24. The molecule has 2 heteroatoms. The second-order valence-corrected chi connectivity index (χ2v) is 4.18. The minimum Gasteiger partial charge on any atom is -0.378 e. The summed E-state index contributed by atoms with van der Waals surface area (Å²) in [6.45, 7) is 5.23. The average Bonchev–Trinajstić information content (AvgIpc) is 2.53. The molecule has 0 aromatic carbocycles. The highest BCUT2D eigenvalue weighted by molar-refractivity contribution is 4.78. The summed E-state index contributed by atoms with van der Waals surface area (Å²) in [7, 11) is 0. The highest BCUT2D eigenvalue weighted by atomic mass is 16.5. The molecular weight excluding hydrogens is 150 g/mol. The maximum absolute atomic E-state index is 6.04. The molecule has 1 heterocycles. The van der Waals surface area contributed by atoms with Gasteiger partial charge in [-0.25, -0.2) is 0 Å². The van der Waals surface area contributed by atoms with Gasteiger partial charge in [0.1, 0.15) is 0 Å². The Morgan fingerprint density at radius 3 is 2.83 bits per heavy atom. The minimum atomic E-state index is 0.0198. The first-order chi connectivity index (χ1) is 5.64. The third-order valence-corrected chi connectivity index (χ3v) is 2.87. The van der Waals surface area contributed by atoms with Crippen molar-refractivity contribution in [1.29, 1.82) is 0 Å². The fourth-order valence-electron chi connectivity index (χ4n) is 1.54. The molecule has 0 amide bonds. The molecule has 0 spiro atoms. The van der Waals surface area contributed by atoms with Gasteiger partial charge in [-0.05, 0) is 39.0 Å². The number of nitrogens with two attached hydrogens (primary N) is 1. The third kappa shape index (κ3) is 3.11. The van der Waals surface area contributed by atoms with Crippen LogP contribution in [0.15, 0.2) is 0 Å². The smallest absolute Gasteiger partial charge is 0.0576 e. The van der Waals surface area contributed by atoms with Gasteiger partial charge in [-0.1, -0.05) is 6.92 Å². The fourth-order valence-corrected chi connectivity index (χ4v) is 1.54. The highest BCUT2D eigenvalue weighted by Crippen LogP contribution is 2.21. The lowest BCUT2D eigenvalue weighted by molar-refractivity contribution is 0.0965. The van der Waals surface area contributed by atoms with Gasteiger partial charge in [0.2, 0.25) is 0 Å². The van der Waals surface area contributed by atoms with E-state index in [0.29, 0.717) is 6.10 Å². The summed E-state index contributed by atoms with van der Waals surface area (Å²) in [5, 5.41) is 0. The molecule has 2 N–H and O–H groups in total. The van der Waals surface area contributed by atoms with Gasteiger partial charge in [-0.2, -0.15) is 0 Å². The number of rotatable bonds is 4. The van der Waals surface area contributed by atoms with Crippen molar-refractivity contribution in [2.45, 2.75) is 57.6 Å². The van der Waals surface area contributed by atoms with Gasteiger partial charge in [0.25, 0.3) is 0 Å². The van der Waals surface area contributed by atoms with E-state index in [9.17, 15) is 0 Å². The minimum absolute atomic E-state index is 0.0198. The number of hydrogen-bond acceptors (Lipinski definition) is 2. The van der Waals surface area contributed by atoms with Crippen molar-refractivity contribution in [3.8, 4) is 0 Å². The summed E-state index contributed by atoms with van der Waals surface area (Å²) in [5.41, 5.74) is 6.06. The lowest BCUT2D eigenvalue weighted by Crippen LogP contribution is -2.35. The first kappa shape index (κ1) is 10.0. The van der Waals surface area contributed by atoms with Crippen molar-refractivity contribution >= 4 is 0 Å². The third-order valence-electron chi connectivity index (χ3n) is 2.87. The fraction of sp³-hybridized carbons (Fsp3) is 1.00. The van der Waals surface area contributed by atoms with Crippen LogP contribution in [0.3, 0.4) is 0 Å². The van der Waals surface area contributed by atoms with Gasteiger partial charge in [-0.3, -0.25) is 0 Å². The normalized spacial score (nSPS) is 28.8. The van der Waals surface area contributed by atoms with Crippen molar-refractivity contribution in [2.24, 2.45) is 5.73 Å². The SMILES string of the molecule is CCC(C)(N)CCC1CCCO1. The molecule has 12 heavy (non-hydrogen) atoms. The molecule has 1 aliphatic rings. The average molecular weight is 171 g/mol. The van der Waals surface area contributed by atoms with Gasteiger partial charge >= 0.3 is 0 Å². The Balaban J connectivity index is 2.15. The van der Waals surface area contributed by atoms with E-state index in [4.69, 9.17) is 10.5 Å². The van der Waals surface area contributed by atoms with E-state index in [-0.39, 0.29) is 5.54 Å². The lowest BCUT2D eigenvalue weighted by atomic mass is 9.92. The van der Waals surface area contributed by atoms with E-state index < -0.39 is 0 Å². The van der Waals surface area contributed by atoms with Gasteiger partial charge in [-0.15, -0.1) is 0 Å². The van der Waals surface area contributed by atoms with Crippen molar-refractivity contribution in [1.82, 2.24) is 0 Å². The largest absolute Gasteiger partial charge is 0.378 e. The molecule has 1 rings (SSSR count). The van der Waals surface area contributed by atoms with Crippen LogP contribution in [0, 0.1) is 0 Å². The Labute approximate surface area is 75.5 Å². The second-order valence-electron chi connectivity index (χ2n) is 4.18. The molecule has 0 aromatic heterocycles. The van der Waals surface area contributed by atoms with Crippen molar-refractivity contribution in [3.05, 3.63) is 0 Å². The van der Waals surface area contributed by atoms with E-state index in [1.54, 1.807) is 0 Å². The van der Waals surface area contributed by atoms with Crippen LogP contribution in [0.1, 0.15) is 46.0 Å². The molecule has 72 valence electrons. The standard InChI is InChI=1S/C10H21NO/c1-3-10(2,11)7-6-9-5-4-8-12-9/h9H,3-8,11H2,1-2H3. The molecule has 2 unspecified atom stereocenters. The molecule has 0 bridgehead atoms. The summed E-state index contributed by atoms with van der Waals surface area (Å²) >= 11 is 0. The van der Waals surface area contributed by atoms with Crippen LogP contribution < -0.4 is 5.73 Å². The summed E-state index contributed by atoms with van der Waals surface area (Å²) in [5.74, 6) is 0. The quantitative estimate of drug-likeness (QED) is 0.702. The van der Waals surface area contributed by atoms with Crippen LogP contribution in [0.4, 0.5) is 0 Å². The Morgan fingerprint density at radius 1 is 1.58 bits per heavy atom. The predicted molar refractivity (Wildman–Crippen MR) is 51.1 cm³/mol.